The fourth-order valence-electron chi connectivity index (χ4n) is 3.13. The van der Waals surface area contributed by atoms with Crippen LogP contribution in [0.25, 0.3) is 11.3 Å². The molecule has 138 valence electrons. The van der Waals surface area contributed by atoms with Crippen molar-refractivity contribution in [1.82, 2.24) is 9.55 Å². The number of ether oxygens (including phenoxy) is 1. The molecule has 3 aromatic rings. The number of nitro benzene ring substituents is 1. The summed E-state index contributed by atoms with van der Waals surface area (Å²) < 4.78 is 7.90. The molecule has 3 heterocycles. The second kappa shape index (κ2) is 7.81. The zero-order valence-electron chi connectivity index (χ0n) is 14.5. The summed E-state index contributed by atoms with van der Waals surface area (Å²) in [5.41, 5.74) is 2.55. The molecule has 4 rings (SSSR count). The van der Waals surface area contributed by atoms with Crippen LogP contribution in [0.3, 0.4) is 0 Å². The highest BCUT2D eigenvalue weighted by Crippen LogP contribution is 2.26. The number of nitrogens with zero attached hydrogens (tertiary/aromatic N) is 4. The largest absolute Gasteiger partial charge is 0.376 e. The van der Waals surface area contributed by atoms with Gasteiger partial charge < -0.3 is 9.30 Å². The van der Waals surface area contributed by atoms with Crippen molar-refractivity contribution in [2.45, 2.75) is 25.5 Å². The highest BCUT2D eigenvalue weighted by Gasteiger charge is 2.19. The van der Waals surface area contributed by atoms with E-state index in [0.29, 0.717) is 6.54 Å². The van der Waals surface area contributed by atoms with Gasteiger partial charge in [0.1, 0.15) is 0 Å². The number of benzene rings is 1. The third-order valence-electron chi connectivity index (χ3n) is 4.43. The number of hydrogen-bond donors (Lipinski definition) is 0. The van der Waals surface area contributed by atoms with Gasteiger partial charge in [0, 0.05) is 35.9 Å². The van der Waals surface area contributed by atoms with Gasteiger partial charge in [-0.3, -0.25) is 15.1 Å². The zero-order chi connectivity index (χ0) is 18.6. The van der Waals surface area contributed by atoms with Gasteiger partial charge in [-0.05, 0) is 25.0 Å². The van der Waals surface area contributed by atoms with E-state index >= 15 is 0 Å². The van der Waals surface area contributed by atoms with Crippen LogP contribution in [-0.2, 0) is 11.3 Å². The van der Waals surface area contributed by atoms with Gasteiger partial charge in [-0.1, -0.05) is 12.1 Å². The number of non-ortho nitro benzene ring substituents is 1. The van der Waals surface area contributed by atoms with E-state index in [4.69, 9.17) is 9.73 Å². The van der Waals surface area contributed by atoms with E-state index in [2.05, 4.69) is 9.55 Å². The number of pyridine rings is 1. The summed E-state index contributed by atoms with van der Waals surface area (Å²) in [5, 5.41) is 13.1. The minimum Gasteiger partial charge on any atom is -0.376 e. The molecule has 27 heavy (non-hydrogen) atoms. The van der Waals surface area contributed by atoms with E-state index < -0.39 is 0 Å². The fourth-order valence-corrected chi connectivity index (χ4v) is 4.07. The Balaban J connectivity index is 1.80. The van der Waals surface area contributed by atoms with Crippen LogP contribution < -0.4 is 4.80 Å². The SMILES string of the molecule is O=[N+]([O-])c1cccc(-c2csc(=Nc3cccnc3)n2CC2CCCO2)c1. The lowest BCUT2D eigenvalue weighted by molar-refractivity contribution is -0.384. The van der Waals surface area contributed by atoms with Crippen molar-refractivity contribution in [3.8, 4) is 11.3 Å². The maximum atomic E-state index is 11.2. The van der Waals surface area contributed by atoms with Gasteiger partial charge in [0.2, 0.25) is 0 Å². The van der Waals surface area contributed by atoms with Crippen LogP contribution in [0.5, 0.6) is 0 Å². The summed E-state index contributed by atoms with van der Waals surface area (Å²) in [6.07, 6.45) is 5.61. The van der Waals surface area contributed by atoms with E-state index in [0.717, 1.165) is 41.2 Å². The quantitative estimate of drug-likeness (QED) is 0.494. The first kappa shape index (κ1) is 17.6. The van der Waals surface area contributed by atoms with Gasteiger partial charge in [0.25, 0.3) is 5.69 Å². The lowest BCUT2D eigenvalue weighted by Crippen LogP contribution is -2.24. The van der Waals surface area contributed by atoms with Gasteiger partial charge in [0.15, 0.2) is 4.80 Å². The standard InChI is InChI=1S/C19H18N4O3S/c24-23(25)16-6-1-4-14(10-16)18-13-27-19(21-15-5-2-8-20-11-15)22(18)12-17-7-3-9-26-17/h1-2,4-6,8,10-11,13,17H,3,7,9,12H2. The van der Waals surface area contributed by atoms with E-state index in [-0.39, 0.29) is 16.7 Å². The van der Waals surface area contributed by atoms with Crippen molar-refractivity contribution in [2.75, 3.05) is 6.61 Å². The summed E-state index contributed by atoms with van der Waals surface area (Å²) in [4.78, 5) is 20.4. The van der Waals surface area contributed by atoms with Gasteiger partial charge in [-0.25, -0.2) is 4.99 Å². The first-order valence-electron chi connectivity index (χ1n) is 8.70. The molecule has 0 bridgehead atoms. The normalized spacial score (nSPS) is 17.3. The second-order valence-corrected chi connectivity index (χ2v) is 7.12. The average Bonchev–Trinajstić information content (AvgIpc) is 3.34. The average molecular weight is 382 g/mol. The van der Waals surface area contributed by atoms with Crippen molar-refractivity contribution in [3.05, 3.63) is 69.1 Å². The number of aromatic nitrogens is 2. The minimum atomic E-state index is -0.374. The third-order valence-corrected chi connectivity index (χ3v) is 5.29. The summed E-state index contributed by atoms with van der Waals surface area (Å²) in [5.74, 6) is 0. The van der Waals surface area contributed by atoms with Gasteiger partial charge >= 0.3 is 0 Å². The van der Waals surface area contributed by atoms with Crippen LogP contribution in [0.2, 0.25) is 0 Å². The van der Waals surface area contributed by atoms with E-state index in [9.17, 15) is 10.1 Å². The Labute approximate surface area is 159 Å². The molecule has 7 nitrogen and oxygen atoms in total. The molecular formula is C19H18N4O3S. The zero-order valence-corrected chi connectivity index (χ0v) is 15.3. The van der Waals surface area contributed by atoms with Crippen LogP contribution in [0, 0.1) is 10.1 Å². The van der Waals surface area contributed by atoms with E-state index in [1.807, 2.05) is 23.6 Å². The molecule has 1 aliphatic rings. The Morgan fingerprint density at radius 3 is 3.04 bits per heavy atom. The lowest BCUT2D eigenvalue weighted by atomic mass is 10.1. The first-order chi connectivity index (χ1) is 13.2. The van der Waals surface area contributed by atoms with Gasteiger partial charge in [-0.15, -0.1) is 11.3 Å². The van der Waals surface area contributed by atoms with Crippen molar-refractivity contribution in [2.24, 2.45) is 4.99 Å². The second-order valence-electron chi connectivity index (χ2n) is 6.28. The topological polar surface area (TPSA) is 82.5 Å². The molecule has 1 aromatic carbocycles. The van der Waals surface area contributed by atoms with E-state index in [1.165, 1.54) is 17.4 Å². The van der Waals surface area contributed by atoms with Crippen LogP contribution in [0.1, 0.15) is 12.8 Å². The minimum absolute atomic E-state index is 0.0770. The Morgan fingerprint density at radius 2 is 2.30 bits per heavy atom. The summed E-state index contributed by atoms with van der Waals surface area (Å²) >= 11 is 1.51. The maximum absolute atomic E-state index is 11.2. The molecule has 1 aliphatic heterocycles. The van der Waals surface area contributed by atoms with Crippen LogP contribution in [-0.4, -0.2) is 27.2 Å². The molecule has 0 saturated carbocycles. The highest BCUT2D eigenvalue weighted by molar-refractivity contribution is 7.07. The van der Waals surface area contributed by atoms with Crippen LogP contribution in [0.15, 0.2) is 59.2 Å². The summed E-state index contributed by atoms with van der Waals surface area (Å²) in [6, 6.07) is 10.4. The molecule has 1 saturated heterocycles. The van der Waals surface area contributed by atoms with Crippen LogP contribution in [0.4, 0.5) is 11.4 Å². The molecule has 1 atom stereocenters. The molecule has 8 heteroatoms. The van der Waals surface area contributed by atoms with Crippen molar-refractivity contribution in [1.29, 1.82) is 0 Å². The number of thiazole rings is 1. The molecule has 1 unspecified atom stereocenters. The Morgan fingerprint density at radius 1 is 1.37 bits per heavy atom. The van der Waals surface area contributed by atoms with E-state index in [1.54, 1.807) is 24.5 Å². The van der Waals surface area contributed by atoms with Crippen LogP contribution >= 0.6 is 11.3 Å². The Kier molecular flexibility index (Phi) is 5.08. The van der Waals surface area contributed by atoms with Crippen molar-refractivity contribution < 1.29 is 9.66 Å². The summed E-state index contributed by atoms with van der Waals surface area (Å²) in [7, 11) is 0. The van der Waals surface area contributed by atoms with Gasteiger partial charge in [0.05, 0.1) is 35.2 Å². The third kappa shape index (κ3) is 3.96. The molecule has 0 spiro atoms. The Bertz CT molecular complexity index is 1010. The molecule has 0 amide bonds. The highest BCUT2D eigenvalue weighted by atomic mass is 32.1. The van der Waals surface area contributed by atoms with Gasteiger partial charge in [-0.2, -0.15) is 0 Å². The first-order valence-corrected chi connectivity index (χ1v) is 9.58. The molecule has 0 aliphatic carbocycles. The smallest absolute Gasteiger partial charge is 0.270 e. The fraction of sp³-hybridized carbons (Fsp3) is 0.263. The molecule has 2 aromatic heterocycles. The molecular weight excluding hydrogens is 364 g/mol. The van der Waals surface area contributed by atoms with Crippen molar-refractivity contribution >= 4 is 22.7 Å². The predicted molar refractivity (Wildman–Crippen MR) is 103 cm³/mol. The number of hydrogen-bond acceptors (Lipinski definition) is 6. The number of nitro groups is 1. The predicted octanol–water partition coefficient (Wildman–Crippen LogP) is 3.93. The molecule has 0 N–H and O–H groups in total. The maximum Gasteiger partial charge on any atom is 0.270 e. The number of rotatable bonds is 5. The molecule has 0 radical (unpaired) electrons. The monoisotopic (exact) mass is 382 g/mol. The Hall–Kier alpha value is -2.84. The molecule has 1 fully saturated rings. The summed E-state index contributed by atoms with van der Waals surface area (Å²) in [6.45, 7) is 1.44. The lowest BCUT2D eigenvalue weighted by Gasteiger charge is -2.14. The van der Waals surface area contributed by atoms with Crippen molar-refractivity contribution in [3.63, 3.8) is 0 Å².